The van der Waals surface area contributed by atoms with E-state index in [9.17, 15) is 9.18 Å². The maximum Gasteiger partial charge on any atom is 0.290 e. The van der Waals surface area contributed by atoms with E-state index in [4.69, 9.17) is 0 Å². The molecule has 1 aromatic heterocycles. The molecule has 2 aromatic rings. The number of hydrogen-bond acceptors (Lipinski definition) is 3. The molecule has 2 N–H and O–H groups in total. The van der Waals surface area contributed by atoms with Crippen LogP contribution in [0.15, 0.2) is 39.9 Å². The van der Waals surface area contributed by atoms with Gasteiger partial charge in [0.15, 0.2) is 5.82 Å². The van der Waals surface area contributed by atoms with Crippen molar-refractivity contribution in [3.63, 3.8) is 0 Å². The van der Waals surface area contributed by atoms with Crippen LogP contribution < -0.4 is 10.9 Å². The number of rotatable bonds is 3. The van der Waals surface area contributed by atoms with Gasteiger partial charge >= 0.3 is 0 Å². The normalized spacial score (nSPS) is 10.2. The number of anilines is 1. The summed E-state index contributed by atoms with van der Waals surface area (Å²) in [5.41, 5.74) is 0.132. The third-order valence-electron chi connectivity index (χ3n) is 2.16. The van der Waals surface area contributed by atoms with Crippen LogP contribution in [0.2, 0.25) is 0 Å². The first-order valence-corrected chi connectivity index (χ1v) is 5.67. The highest BCUT2D eigenvalue weighted by Crippen LogP contribution is 2.16. The minimum atomic E-state index is -0.331. The van der Waals surface area contributed by atoms with E-state index in [2.05, 4.69) is 31.2 Å². The highest BCUT2D eigenvalue weighted by molar-refractivity contribution is 9.10. The number of nitrogens with one attached hydrogen (secondary N) is 2. The summed E-state index contributed by atoms with van der Waals surface area (Å²) in [6.07, 6.45) is 2.90. The first kappa shape index (κ1) is 11.8. The Morgan fingerprint density at radius 3 is 3.06 bits per heavy atom. The molecular formula is C11H9BrFN3O. The summed E-state index contributed by atoms with van der Waals surface area (Å²) in [6.45, 7) is 0.200. The molecule has 17 heavy (non-hydrogen) atoms. The summed E-state index contributed by atoms with van der Waals surface area (Å²) in [5.74, 6) is -0.153. The number of nitrogens with zero attached hydrogens (tertiary/aromatic N) is 1. The fourth-order valence-electron chi connectivity index (χ4n) is 1.34. The molecule has 4 nitrogen and oxygen atoms in total. The molecule has 0 atom stereocenters. The van der Waals surface area contributed by atoms with Crippen molar-refractivity contribution in [1.29, 1.82) is 0 Å². The monoisotopic (exact) mass is 297 g/mol. The van der Waals surface area contributed by atoms with E-state index in [0.29, 0.717) is 5.56 Å². The Kier molecular flexibility index (Phi) is 3.53. The van der Waals surface area contributed by atoms with Crippen LogP contribution >= 0.6 is 15.9 Å². The number of aromatic amines is 1. The maximum atomic E-state index is 13.4. The Hall–Kier alpha value is -1.69. The number of aromatic nitrogens is 2. The van der Waals surface area contributed by atoms with Gasteiger partial charge in [0, 0.05) is 29.0 Å². The van der Waals surface area contributed by atoms with Gasteiger partial charge in [-0.25, -0.2) is 9.37 Å². The minimum absolute atomic E-state index is 0.173. The zero-order valence-corrected chi connectivity index (χ0v) is 10.3. The number of H-pyrrole nitrogens is 1. The second kappa shape index (κ2) is 5.09. The predicted octanol–water partition coefficient (Wildman–Crippen LogP) is 2.28. The van der Waals surface area contributed by atoms with Crippen molar-refractivity contribution in [3.05, 3.63) is 56.8 Å². The van der Waals surface area contributed by atoms with Gasteiger partial charge < -0.3 is 10.3 Å². The summed E-state index contributed by atoms with van der Waals surface area (Å²) in [6, 6.07) is 4.63. The highest BCUT2D eigenvalue weighted by Gasteiger charge is 2.04. The van der Waals surface area contributed by atoms with Gasteiger partial charge in [0.2, 0.25) is 0 Å². The van der Waals surface area contributed by atoms with Crippen molar-refractivity contribution in [1.82, 2.24) is 9.97 Å². The Morgan fingerprint density at radius 2 is 2.29 bits per heavy atom. The summed E-state index contributed by atoms with van der Waals surface area (Å²) in [5, 5.41) is 2.78. The second-order valence-electron chi connectivity index (χ2n) is 3.36. The average Bonchev–Trinajstić information content (AvgIpc) is 2.32. The van der Waals surface area contributed by atoms with Crippen LogP contribution in [-0.2, 0) is 6.54 Å². The molecule has 1 heterocycles. The van der Waals surface area contributed by atoms with Crippen LogP contribution in [0.3, 0.4) is 0 Å². The molecule has 0 aliphatic rings. The van der Waals surface area contributed by atoms with Crippen LogP contribution in [0.5, 0.6) is 0 Å². The summed E-state index contributed by atoms with van der Waals surface area (Å²) in [4.78, 5) is 17.6. The SMILES string of the molecule is O=c1[nH]ccnc1NCc1cc(Br)ccc1F. The number of hydrogen-bond donors (Lipinski definition) is 2. The van der Waals surface area contributed by atoms with E-state index in [0.717, 1.165) is 4.47 Å². The van der Waals surface area contributed by atoms with Gasteiger partial charge in [0.25, 0.3) is 5.56 Å². The lowest BCUT2D eigenvalue weighted by Crippen LogP contribution is -2.15. The molecule has 88 valence electrons. The summed E-state index contributed by atoms with van der Waals surface area (Å²) >= 11 is 3.26. The van der Waals surface area contributed by atoms with Crippen LogP contribution in [0.4, 0.5) is 10.2 Å². The molecule has 0 spiro atoms. The van der Waals surface area contributed by atoms with E-state index >= 15 is 0 Å². The molecular weight excluding hydrogens is 289 g/mol. The zero-order valence-electron chi connectivity index (χ0n) is 8.71. The Morgan fingerprint density at radius 1 is 1.47 bits per heavy atom. The summed E-state index contributed by atoms with van der Waals surface area (Å²) < 4.78 is 14.2. The first-order valence-electron chi connectivity index (χ1n) is 4.88. The molecule has 0 fully saturated rings. The van der Waals surface area contributed by atoms with E-state index < -0.39 is 0 Å². The quantitative estimate of drug-likeness (QED) is 0.914. The molecule has 0 radical (unpaired) electrons. The molecule has 0 amide bonds. The van der Waals surface area contributed by atoms with Crippen LogP contribution in [0.1, 0.15) is 5.56 Å². The lowest BCUT2D eigenvalue weighted by Gasteiger charge is -2.06. The van der Waals surface area contributed by atoms with E-state index in [-0.39, 0.29) is 23.7 Å². The summed E-state index contributed by atoms with van der Waals surface area (Å²) in [7, 11) is 0. The lowest BCUT2D eigenvalue weighted by molar-refractivity contribution is 0.612. The fraction of sp³-hybridized carbons (Fsp3) is 0.0909. The van der Waals surface area contributed by atoms with Crippen LogP contribution in [0, 0.1) is 5.82 Å². The predicted molar refractivity (Wildman–Crippen MR) is 66.3 cm³/mol. The van der Waals surface area contributed by atoms with Crippen LogP contribution in [-0.4, -0.2) is 9.97 Å². The number of halogens is 2. The van der Waals surface area contributed by atoms with Crippen molar-refractivity contribution in [3.8, 4) is 0 Å². The van der Waals surface area contributed by atoms with Crippen molar-refractivity contribution in [2.75, 3.05) is 5.32 Å². The molecule has 0 unspecified atom stereocenters. The van der Waals surface area contributed by atoms with Gasteiger partial charge in [-0.1, -0.05) is 15.9 Å². The Bertz CT molecular complexity index is 585. The zero-order chi connectivity index (χ0) is 12.3. The van der Waals surface area contributed by atoms with Gasteiger partial charge in [-0.3, -0.25) is 4.79 Å². The molecule has 6 heteroatoms. The van der Waals surface area contributed by atoms with Crippen molar-refractivity contribution in [2.45, 2.75) is 6.54 Å². The van der Waals surface area contributed by atoms with Gasteiger partial charge in [-0.2, -0.15) is 0 Å². The molecule has 1 aromatic carbocycles. The second-order valence-corrected chi connectivity index (χ2v) is 4.27. The fourth-order valence-corrected chi connectivity index (χ4v) is 1.74. The molecule has 0 saturated heterocycles. The standard InChI is InChI=1S/C11H9BrFN3O/c12-8-1-2-9(13)7(5-8)6-16-10-11(17)15-4-3-14-10/h1-5H,6H2,(H,14,16)(H,15,17). The molecule has 0 aliphatic carbocycles. The van der Waals surface area contributed by atoms with Crippen LogP contribution in [0.25, 0.3) is 0 Å². The molecule has 2 rings (SSSR count). The van der Waals surface area contributed by atoms with Crippen molar-refractivity contribution < 1.29 is 4.39 Å². The Balaban J connectivity index is 2.15. The van der Waals surface area contributed by atoms with Crippen molar-refractivity contribution in [2.24, 2.45) is 0 Å². The topological polar surface area (TPSA) is 57.8 Å². The van der Waals surface area contributed by atoms with Crippen molar-refractivity contribution >= 4 is 21.7 Å². The largest absolute Gasteiger partial charge is 0.361 e. The third kappa shape index (κ3) is 2.91. The molecule has 0 bridgehead atoms. The lowest BCUT2D eigenvalue weighted by atomic mass is 10.2. The van der Waals surface area contributed by atoms with Gasteiger partial charge in [-0.15, -0.1) is 0 Å². The highest BCUT2D eigenvalue weighted by atomic mass is 79.9. The smallest absolute Gasteiger partial charge is 0.290 e. The Labute approximate surface area is 105 Å². The number of benzene rings is 1. The van der Waals surface area contributed by atoms with Gasteiger partial charge in [0.05, 0.1) is 0 Å². The van der Waals surface area contributed by atoms with E-state index in [1.54, 1.807) is 12.1 Å². The van der Waals surface area contributed by atoms with Gasteiger partial charge in [-0.05, 0) is 18.2 Å². The molecule has 0 aliphatic heterocycles. The molecule has 0 saturated carbocycles. The van der Waals surface area contributed by atoms with E-state index in [1.165, 1.54) is 18.5 Å². The van der Waals surface area contributed by atoms with E-state index in [1.807, 2.05) is 0 Å². The average molecular weight is 298 g/mol. The third-order valence-corrected chi connectivity index (χ3v) is 2.65. The first-order chi connectivity index (χ1) is 8.16. The maximum absolute atomic E-state index is 13.4. The minimum Gasteiger partial charge on any atom is -0.361 e. The van der Waals surface area contributed by atoms with Gasteiger partial charge in [0.1, 0.15) is 5.82 Å².